The summed E-state index contributed by atoms with van der Waals surface area (Å²) in [6.45, 7) is 4.00. The number of halogens is 2. The zero-order valence-electron chi connectivity index (χ0n) is 13.6. The smallest absolute Gasteiger partial charge is 0.272 e. The second-order valence-electron chi connectivity index (χ2n) is 5.95. The molecule has 1 atom stereocenters. The highest BCUT2D eigenvalue weighted by Crippen LogP contribution is 2.15. The third-order valence-corrected chi connectivity index (χ3v) is 4.16. The number of nitrogens with zero attached hydrogens (tertiary/aromatic N) is 2. The highest BCUT2D eigenvalue weighted by molar-refractivity contribution is 5.92. The molecular formula is C17H22ClFN4O. The molecule has 1 aromatic heterocycles. The van der Waals surface area contributed by atoms with Crippen molar-refractivity contribution in [3.63, 3.8) is 0 Å². The molecule has 2 aromatic rings. The molecule has 1 fully saturated rings. The Kier molecular flexibility index (Phi) is 6.34. The summed E-state index contributed by atoms with van der Waals surface area (Å²) in [4.78, 5) is 12.2. The molecule has 1 aliphatic heterocycles. The number of carbonyl (C=O) groups is 1. The molecule has 0 bridgehead atoms. The van der Waals surface area contributed by atoms with E-state index in [1.54, 1.807) is 25.1 Å². The highest BCUT2D eigenvalue weighted by atomic mass is 35.5. The molecule has 1 unspecified atom stereocenters. The third kappa shape index (κ3) is 4.33. The van der Waals surface area contributed by atoms with E-state index < -0.39 is 0 Å². The number of benzene rings is 1. The van der Waals surface area contributed by atoms with Crippen LogP contribution in [0.2, 0.25) is 0 Å². The second kappa shape index (κ2) is 8.26. The summed E-state index contributed by atoms with van der Waals surface area (Å²) in [6.07, 6.45) is 4.05. The average Bonchev–Trinajstić information content (AvgIpc) is 3.06. The summed E-state index contributed by atoms with van der Waals surface area (Å²) >= 11 is 0. The Bertz CT molecular complexity index is 698. The van der Waals surface area contributed by atoms with Crippen molar-refractivity contribution in [2.24, 2.45) is 0 Å². The lowest BCUT2D eigenvalue weighted by molar-refractivity contribution is 0.0944. The Balaban J connectivity index is 0.00000208. The molecule has 0 aliphatic carbocycles. The fourth-order valence-electron chi connectivity index (χ4n) is 2.81. The minimum absolute atomic E-state index is 0. The van der Waals surface area contributed by atoms with Gasteiger partial charge in [0, 0.05) is 19.3 Å². The maximum Gasteiger partial charge on any atom is 0.272 e. The van der Waals surface area contributed by atoms with E-state index in [9.17, 15) is 9.18 Å². The van der Waals surface area contributed by atoms with E-state index >= 15 is 0 Å². The van der Waals surface area contributed by atoms with Crippen LogP contribution in [0.15, 0.2) is 30.5 Å². The molecule has 1 saturated heterocycles. The number of aryl methyl sites for hydroxylation is 1. The molecule has 24 heavy (non-hydrogen) atoms. The monoisotopic (exact) mass is 352 g/mol. The van der Waals surface area contributed by atoms with E-state index in [0.717, 1.165) is 31.5 Å². The molecular weight excluding hydrogens is 331 g/mol. The van der Waals surface area contributed by atoms with E-state index in [1.807, 2.05) is 10.9 Å². The third-order valence-electron chi connectivity index (χ3n) is 4.16. The number of amides is 1. The van der Waals surface area contributed by atoms with E-state index in [0.29, 0.717) is 23.8 Å². The Morgan fingerprint density at radius 1 is 1.46 bits per heavy atom. The van der Waals surface area contributed by atoms with Crippen LogP contribution in [0.4, 0.5) is 4.39 Å². The lowest BCUT2D eigenvalue weighted by Crippen LogP contribution is -2.32. The highest BCUT2D eigenvalue weighted by Gasteiger charge is 2.17. The van der Waals surface area contributed by atoms with Crippen LogP contribution in [0.1, 0.15) is 40.5 Å². The van der Waals surface area contributed by atoms with Gasteiger partial charge in [-0.25, -0.2) is 4.39 Å². The second-order valence-corrected chi connectivity index (χ2v) is 5.95. The van der Waals surface area contributed by atoms with Gasteiger partial charge < -0.3 is 10.6 Å². The number of rotatable bonds is 4. The molecule has 0 radical (unpaired) electrons. The molecule has 5 nitrogen and oxygen atoms in total. The maximum atomic E-state index is 13.2. The van der Waals surface area contributed by atoms with Crippen LogP contribution in [-0.2, 0) is 6.54 Å². The van der Waals surface area contributed by atoms with Gasteiger partial charge in [-0.3, -0.25) is 9.48 Å². The Hall–Kier alpha value is -1.92. The molecule has 0 saturated carbocycles. The lowest BCUT2D eigenvalue weighted by Gasteiger charge is -2.22. The summed E-state index contributed by atoms with van der Waals surface area (Å²) in [5.41, 5.74) is 1.85. The minimum atomic E-state index is -0.236. The summed E-state index contributed by atoms with van der Waals surface area (Å²) in [5.74, 6) is -0.450. The van der Waals surface area contributed by atoms with Crippen LogP contribution in [0.25, 0.3) is 0 Å². The lowest BCUT2D eigenvalue weighted by atomic mass is 10.1. The quantitative estimate of drug-likeness (QED) is 0.889. The Morgan fingerprint density at radius 2 is 2.29 bits per heavy atom. The predicted octanol–water partition coefficient (Wildman–Crippen LogP) is 2.61. The van der Waals surface area contributed by atoms with Gasteiger partial charge in [0.25, 0.3) is 5.91 Å². The van der Waals surface area contributed by atoms with Crippen molar-refractivity contribution in [2.75, 3.05) is 13.1 Å². The van der Waals surface area contributed by atoms with Crippen molar-refractivity contribution in [3.05, 3.63) is 53.1 Å². The summed E-state index contributed by atoms with van der Waals surface area (Å²) in [6, 6.07) is 6.88. The Labute approximate surface area is 147 Å². The van der Waals surface area contributed by atoms with Gasteiger partial charge in [-0.1, -0.05) is 12.1 Å². The van der Waals surface area contributed by atoms with E-state index in [4.69, 9.17) is 0 Å². The number of nitrogens with one attached hydrogen (secondary N) is 2. The van der Waals surface area contributed by atoms with Gasteiger partial charge >= 0.3 is 0 Å². The summed E-state index contributed by atoms with van der Waals surface area (Å²) in [5, 5.41) is 10.5. The van der Waals surface area contributed by atoms with Crippen molar-refractivity contribution < 1.29 is 9.18 Å². The zero-order valence-corrected chi connectivity index (χ0v) is 14.4. The normalized spacial score (nSPS) is 17.2. The van der Waals surface area contributed by atoms with Crippen LogP contribution < -0.4 is 10.6 Å². The molecule has 7 heteroatoms. The number of hydrogen-bond acceptors (Lipinski definition) is 3. The number of carbonyl (C=O) groups excluding carboxylic acids is 1. The van der Waals surface area contributed by atoms with Gasteiger partial charge in [-0.05, 0) is 49.6 Å². The summed E-state index contributed by atoms with van der Waals surface area (Å²) in [7, 11) is 0. The number of hydrogen-bond donors (Lipinski definition) is 2. The molecule has 2 heterocycles. The van der Waals surface area contributed by atoms with Gasteiger partial charge in [0.05, 0.1) is 6.04 Å². The van der Waals surface area contributed by atoms with Crippen molar-refractivity contribution in [2.45, 2.75) is 32.4 Å². The molecule has 0 spiro atoms. The first-order valence-corrected chi connectivity index (χ1v) is 7.92. The predicted molar refractivity (Wildman–Crippen MR) is 92.9 cm³/mol. The van der Waals surface area contributed by atoms with Crippen LogP contribution in [-0.4, -0.2) is 28.8 Å². The van der Waals surface area contributed by atoms with Crippen LogP contribution in [0.5, 0.6) is 0 Å². The van der Waals surface area contributed by atoms with E-state index in [2.05, 4.69) is 15.7 Å². The van der Waals surface area contributed by atoms with Gasteiger partial charge in [0.1, 0.15) is 11.5 Å². The summed E-state index contributed by atoms with van der Waals surface area (Å²) < 4.78 is 15.1. The van der Waals surface area contributed by atoms with Gasteiger partial charge in [0.15, 0.2) is 0 Å². The SMILES string of the molecule is Cc1cc(CNC(=O)c2ccn(C3CCCNC3)n2)ccc1F.Cl. The first-order valence-electron chi connectivity index (χ1n) is 7.92. The largest absolute Gasteiger partial charge is 0.347 e. The molecule has 1 aliphatic rings. The van der Waals surface area contributed by atoms with Crippen LogP contribution in [0, 0.1) is 12.7 Å². The van der Waals surface area contributed by atoms with Crippen LogP contribution >= 0.6 is 12.4 Å². The number of aromatic nitrogens is 2. The van der Waals surface area contributed by atoms with Crippen molar-refractivity contribution in [1.82, 2.24) is 20.4 Å². The topological polar surface area (TPSA) is 59.0 Å². The molecule has 130 valence electrons. The Morgan fingerprint density at radius 3 is 3.00 bits per heavy atom. The standard InChI is InChI=1S/C17H21FN4O.ClH/c1-12-9-13(4-5-15(12)18)10-20-17(23)16-6-8-22(21-16)14-3-2-7-19-11-14;/h4-6,8-9,14,19H,2-3,7,10-11H2,1H3,(H,20,23);1H. The number of piperidine rings is 1. The minimum Gasteiger partial charge on any atom is -0.347 e. The van der Waals surface area contributed by atoms with Crippen molar-refractivity contribution in [3.8, 4) is 0 Å². The first-order chi connectivity index (χ1) is 11.1. The zero-order chi connectivity index (χ0) is 16.2. The van der Waals surface area contributed by atoms with Gasteiger partial charge in [-0.2, -0.15) is 5.10 Å². The van der Waals surface area contributed by atoms with Crippen molar-refractivity contribution in [1.29, 1.82) is 0 Å². The molecule has 1 aromatic carbocycles. The fraction of sp³-hybridized carbons (Fsp3) is 0.412. The first kappa shape index (κ1) is 18.4. The van der Waals surface area contributed by atoms with E-state index in [-0.39, 0.29) is 24.1 Å². The molecule has 1 amide bonds. The average molecular weight is 353 g/mol. The maximum absolute atomic E-state index is 13.2. The fourth-order valence-corrected chi connectivity index (χ4v) is 2.81. The van der Waals surface area contributed by atoms with Gasteiger partial charge in [0.2, 0.25) is 0 Å². The molecule has 3 rings (SSSR count). The van der Waals surface area contributed by atoms with Crippen molar-refractivity contribution >= 4 is 18.3 Å². The van der Waals surface area contributed by atoms with Crippen LogP contribution in [0.3, 0.4) is 0 Å². The van der Waals surface area contributed by atoms with Gasteiger partial charge in [-0.15, -0.1) is 12.4 Å². The molecule has 2 N–H and O–H groups in total. The van der Waals surface area contributed by atoms with E-state index in [1.165, 1.54) is 6.07 Å².